The van der Waals surface area contributed by atoms with E-state index in [0.29, 0.717) is 6.04 Å². The van der Waals surface area contributed by atoms with E-state index in [4.69, 9.17) is 0 Å². The van der Waals surface area contributed by atoms with Gasteiger partial charge in [-0.1, -0.05) is 18.2 Å². The first-order valence-electron chi connectivity index (χ1n) is 6.02. The van der Waals surface area contributed by atoms with Crippen molar-refractivity contribution < 1.29 is 0 Å². The molecule has 0 amide bonds. The Balaban J connectivity index is 1.96. The second-order valence-electron chi connectivity index (χ2n) is 4.47. The van der Waals surface area contributed by atoms with Crippen molar-refractivity contribution in [2.24, 2.45) is 0 Å². The van der Waals surface area contributed by atoms with Crippen molar-refractivity contribution in [1.82, 2.24) is 0 Å². The minimum absolute atomic E-state index is 0.358. The summed E-state index contributed by atoms with van der Waals surface area (Å²) in [5.74, 6) is 0. The van der Waals surface area contributed by atoms with Gasteiger partial charge in [0.15, 0.2) is 0 Å². The van der Waals surface area contributed by atoms with Crippen molar-refractivity contribution >= 4 is 38.4 Å². The molecular weight excluding hydrogens is 258 g/mol. The second-order valence-corrected chi connectivity index (χ2v) is 6.33. The maximum atomic E-state index is 3.56. The van der Waals surface area contributed by atoms with Crippen LogP contribution in [-0.4, -0.2) is 0 Å². The van der Waals surface area contributed by atoms with E-state index in [1.54, 1.807) is 11.3 Å². The Morgan fingerprint density at radius 2 is 2.00 bits per heavy atom. The van der Waals surface area contributed by atoms with Gasteiger partial charge in [0.05, 0.1) is 6.04 Å². The van der Waals surface area contributed by atoms with E-state index >= 15 is 0 Å². The molecule has 1 atom stereocenters. The van der Waals surface area contributed by atoms with Crippen molar-refractivity contribution in [3.05, 3.63) is 51.5 Å². The molecule has 3 rings (SSSR count). The van der Waals surface area contributed by atoms with Gasteiger partial charge in [0, 0.05) is 20.6 Å². The molecule has 0 aliphatic heterocycles. The van der Waals surface area contributed by atoms with E-state index in [9.17, 15) is 0 Å². The van der Waals surface area contributed by atoms with Gasteiger partial charge in [-0.25, -0.2) is 0 Å². The molecule has 0 bridgehead atoms. The summed E-state index contributed by atoms with van der Waals surface area (Å²) in [6.07, 6.45) is 0. The number of nitrogens with one attached hydrogen (secondary N) is 1. The number of rotatable bonds is 3. The van der Waals surface area contributed by atoms with Crippen LogP contribution in [0.4, 0.5) is 5.69 Å². The number of anilines is 1. The van der Waals surface area contributed by atoms with E-state index in [1.807, 2.05) is 11.3 Å². The summed E-state index contributed by atoms with van der Waals surface area (Å²) in [7, 11) is 0. The average Bonchev–Trinajstić information content (AvgIpc) is 2.98. The molecule has 2 aromatic heterocycles. The first-order valence-corrected chi connectivity index (χ1v) is 7.78. The molecule has 18 heavy (non-hydrogen) atoms. The van der Waals surface area contributed by atoms with E-state index in [2.05, 4.69) is 60.3 Å². The topological polar surface area (TPSA) is 12.0 Å². The van der Waals surface area contributed by atoms with Gasteiger partial charge in [0.1, 0.15) is 0 Å². The molecule has 0 aliphatic rings. The monoisotopic (exact) mass is 273 g/mol. The number of hydrogen-bond acceptors (Lipinski definition) is 3. The lowest BCUT2D eigenvalue weighted by Gasteiger charge is -2.13. The van der Waals surface area contributed by atoms with Gasteiger partial charge in [0.2, 0.25) is 0 Å². The first kappa shape index (κ1) is 11.8. The fourth-order valence-electron chi connectivity index (χ4n) is 2.27. The Hall–Kier alpha value is -1.32. The highest BCUT2D eigenvalue weighted by atomic mass is 32.1. The maximum Gasteiger partial charge on any atom is 0.0581 e. The third kappa shape index (κ3) is 2.04. The van der Waals surface area contributed by atoms with Crippen molar-refractivity contribution in [3.63, 3.8) is 0 Å². The zero-order chi connectivity index (χ0) is 12.5. The van der Waals surface area contributed by atoms with Crippen LogP contribution in [0.2, 0.25) is 0 Å². The van der Waals surface area contributed by atoms with Gasteiger partial charge in [-0.15, -0.1) is 11.3 Å². The molecule has 0 aliphatic carbocycles. The lowest BCUT2D eigenvalue weighted by atomic mass is 10.1. The van der Waals surface area contributed by atoms with Crippen molar-refractivity contribution in [3.8, 4) is 0 Å². The SMILES string of the molecule is Cc1c(C(C)Nc2ccsc2)sc2ccccc12. The van der Waals surface area contributed by atoms with Crippen LogP contribution in [0, 0.1) is 6.92 Å². The normalized spacial score (nSPS) is 12.8. The van der Waals surface area contributed by atoms with Crippen LogP contribution >= 0.6 is 22.7 Å². The van der Waals surface area contributed by atoms with E-state index in [0.717, 1.165) is 0 Å². The fourth-order valence-corrected chi connectivity index (χ4v) is 4.08. The number of benzene rings is 1. The molecule has 3 heteroatoms. The minimum atomic E-state index is 0.358. The standard InChI is InChI=1S/C15H15NS2/c1-10-13-5-3-4-6-14(13)18-15(10)11(2)16-12-7-8-17-9-12/h3-9,11,16H,1-2H3. The molecule has 0 radical (unpaired) electrons. The van der Waals surface area contributed by atoms with Crippen LogP contribution < -0.4 is 5.32 Å². The molecule has 1 N–H and O–H groups in total. The smallest absolute Gasteiger partial charge is 0.0581 e. The van der Waals surface area contributed by atoms with Crippen molar-refractivity contribution in [1.29, 1.82) is 0 Å². The zero-order valence-electron chi connectivity index (χ0n) is 10.4. The predicted octanol–water partition coefficient (Wildman–Crippen LogP) is 5.44. The van der Waals surface area contributed by atoms with Crippen LogP contribution in [-0.2, 0) is 0 Å². The minimum Gasteiger partial charge on any atom is -0.377 e. The highest BCUT2D eigenvalue weighted by molar-refractivity contribution is 7.19. The lowest BCUT2D eigenvalue weighted by Crippen LogP contribution is -2.04. The Kier molecular flexibility index (Phi) is 3.10. The lowest BCUT2D eigenvalue weighted by molar-refractivity contribution is 0.902. The Morgan fingerprint density at radius 1 is 1.17 bits per heavy atom. The van der Waals surface area contributed by atoms with Crippen LogP contribution in [0.25, 0.3) is 10.1 Å². The predicted molar refractivity (Wildman–Crippen MR) is 82.9 cm³/mol. The molecule has 1 aromatic carbocycles. The molecule has 92 valence electrons. The van der Waals surface area contributed by atoms with Crippen molar-refractivity contribution in [2.45, 2.75) is 19.9 Å². The number of aryl methyl sites for hydroxylation is 1. The summed E-state index contributed by atoms with van der Waals surface area (Å²) in [5.41, 5.74) is 2.62. The molecule has 2 heterocycles. The van der Waals surface area contributed by atoms with Gasteiger partial charge in [-0.05, 0) is 42.3 Å². The summed E-state index contributed by atoms with van der Waals surface area (Å²) in [4.78, 5) is 1.43. The van der Waals surface area contributed by atoms with Gasteiger partial charge >= 0.3 is 0 Å². The highest BCUT2D eigenvalue weighted by Crippen LogP contribution is 2.35. The molecule has 0 saturated heterocycles. The quantitative estimate of drug-likeness (QED) is 0.669. The van der Waals surface area contributed by atoms with E-state index in [1.165, 1.54) is 26.2 Å². The number of fused-ring (bicyclic) bond motifs is 1. The van der Waals surface area contributed by atoms with Crippen LogP contribution in [0.1, 0.15) is 23.4 Å². The van der Waals surface area contributed by atoms with Crippen LogP contribution in [0.5, 0.6) is 0 Å². The van der Waals surface area contributed by atoms with Gasteiger partial charge in [-0.2, -0.15) is 11.3 Å². The molecular formula is C15H15NS2. The van der Waals surface area contributed by atoms with Crippen LogP contribution in [0.3, 0.4) is 0 Å². The zero-order valence-corrected chi connectivity index (χ0v) is 12.1. The number of hydrogen-bond donors (Lipinski definition) is 1. The number of thiophene rings is 2. The third-order valence-corrected chi connectivity index (χ3v) is 5.32. The molecule has 3 aromatic rings. The average molecular weight is 273 g/mol. The molecule has 0 spiro atoms. The molecule has 0 saturated carbocycles. The molecule has 0 fully saturated rings. The van der Waals surface area contributed by atoms with Crippen LogP contribution in [0.15, 0.2) is 41.1 Å². The highest BCUT2D eigenvalue weighted by Gasteiger charge is 2.14. The van der Waals surface area contributed by atoms with Gasteiger partial charge < -0.3 is 5.32 Å². The Labute approximate surface area is 115 Å². The summed E-state index contributed by atoms with van der Waals surface area (Å²) >= 11 is 3.62. The summed E-state index contributed by atoms with van der Waals surface area (Å²) in [6, 6.07) is 11.1. The van der Waals surface area contributed by atoms with E-state index < -0.39 is 0 Å². The Bertz CT molecular complexity index is 652. The van der Waals surface area contributed by atoms with Crippen molar-refractivity contribution in [2.75, 3.05) is 5.32 Å². The van der Waals surface area contributed by atoms with Gasteiger partial charge in [-0.3, -0.25) is 0 Å². The fraction of sp³-hybridized carbons (Fsp3) is 0.200. The van der Waals surface area contributed by atoms with E-state index in [-0.39, 0.29) is 0 Å². The third-order valence-electron chi connectivity index (χ3n) is 3.18. The largest absolute Gasteiger partial charge is 0.377 e. The first-order chi connectivity index (χ1) is 8.75. The maximum absolute atomic E-state index is 3.56. The summed E-state index contributed by atoms with van der Waals surface area (Å²) in [6.45, 7) is 4.45. The Morgan fingerprint density at radius 3 is 2.72 bits per heavy atom. The summed E-state index contributed by atoms with van der Waals surface area (Å²) < 4.78 is 1.38. The molecule has 1 unspecified atom stereocenters. The second kappa shape index (κ2) is 4.75. The molecule has 1 nitrogen and oxygen atoms in total. The van der Waals surface area contributed by atoms with Gasteiger partial charge in [0.25, 0.3) is 0 Å². The summed E-state index contributed by atoms with van der Waals surface area (Å²) in [5, 5.41) is 9.20.